The van der Waals surface area contributed by atoms with E-state index in [0.29, 0.717) is 13.1 Å². The van der Waals surface area contributed by atoms with Gasteiger partial charge < -0.3 is 9.88 Å². The molecule has 0 aliphatic rings. The lowest BCUT2D eigenvalue weighted by molar-refractivity contribution is 0.0752. The molecule has 1 amide bonds. The molecule has 1 N–H and O–H groups in total. The summed E-state index contributed by atoms with van der Waals surface area (Å²) in [5.41, 5.74) is 2.61. The molecule has 2 aromatic heterocycles. The number of amides is 1. The van der Waals surface area contributed by atoms with Gasteiger partial charge in [0.15, 0.2) is 0 Å². The van der Waals surface area contributed by atoms with Crippen LogP contribution in [0.25, 0.3) is 10.9 Å². The maximum absolute atomic E-state index is 12.8. The number of aromatic nitrogens is 2. The van der Waals surface area contributed by atoms with Crippen LogP contribution in [0.4, 0.5) is 0 Å². The molecule has 0 saturated heterocycles. The largest absolute Gasteiger partial charge is 0.361 e. The number of carbonyl (C=O) groups is 1. The maximum Gasteiger partial charge on any atom is 0.254 e. The monoisotopic (exact) mass is 279 g/mol. The summed E-state index contributed by atoms with van der Waals surface area (Å²) in [7, 11) is 0. The molecule has 2 heterocycles. The summed E-state index contributed by atoms with van der Waals surface area (Å²) in [4.78, 5) is 22.0. The SMILES string of the molecule is CCN(Cc1ccccn1)C(=O)c1cccc2[nH]ccc12. The Morgan fingerprint density at radius 3 is 2.86 bits per heavy atom. The van der Waals surface area contributed by atoms with Crippen molar-refractivity contribution in [3.05, 3.63) is 66.1 Å². The van der Waals surface area contributed by atoms with Gasteiger partial charge in [0.1, 0.15) is 0 Å². The molecule has 0 atom stereocenters. The van der Waals surface area contributed by atoms with E-state index in [9.17, 15) is 4.79 Å². The Morgan fingerprint density at radius 2 is 2.10 bits per heavy atom. The van der Waals surface area contributed by atoms with Crippen LogP contribution in [0.5, 0.6) is 0 Å². The third-order valence-corrected chi connectivity index (χ3v) is 3.57. The number of hydrogen-bond acceptors (Lipinski definition) is 2. The van der Waals surface area contributed by atoms with Crippen LogP contribution in [0.15, 0.2) is 54.9 Å². The van der Waals surface area contributed by atoms with E-state index >= 15 is 0 Å². The minimum atomic E-state index is 0.0355. The van der Waals surface area contributed by atoms with Crippen molar-refractivity contribution < 1.29 is 4.79 Å². The first kappa shape index (κ1) is 13.4. The van der Waals surface area contributed by atoms with Crippen LogP contribution in [0.1, 0.15) is 23.0 Å². The summed E-state index contributed by atoms with van der Waals surface area (Å²) in [6.07, 6.45) is 3.61. The van der Waals surface area contributed by atoms with Gasteiger partial charge in [0.05, 0.1) is 12.2 Å². The Morgan fingerprint density at radius 1 is 1.19 bits per heavy atom. The van der Waals surface area contributed by atoms with E-state index in [1.54, 1.807) is 6.20 Å². The summed E-state index contributed by atoms with van der Waals surface area (Å²) >= 11 is 0. The average Bonchev–Trinajstić information content (AvgIpc) is 3.01. The zero-order chi connectivity index (χ0) is 14.7. The van der Waals surface area contributed by atoms with Crippen molar-refractivity contribution in [1.82, 2.24) is 14.9 Å². The van der Waals surface area contributed by atoms with Gasteiger partial charge in [0.25, 0.3) is 5.91 Å². The Balaban J connectivity index is 1.90. The van der Waals surface area contributed by atoms with Crippen LogP contribution in [-0.2, 0) is 6.54 Å². The molecule has 0 radical (unpaired) electrons. The van der Waals surface area contributed by atoms with Crippen LogP contribution < -0.4 is 0 Å². The molecule has 0 saturated carbocycles. The third-order valence-electron chi connectivity index (χ3n) is 3.57. The van der Waals surface area contributed by atoms with Crippen molar-refractivity contribution in [2.24, 2.45) is 0 Å². The second-order valence-corrected chi connectivity index (χ2v) is 4.88. The predicted molar refractivity (Wildman–Crippen MR) is 83.0 cm³/mol. The minimum absolute atomic E-state index is 0.0355. The second-order valence-electron chi connectivity index (χ2n) is 4.88. The minimum Gasteiger partial charge on any atom is -0.361 e. The van der Waals surface area contributed by atoms with Crippen molar-refractivity contribution in [2.75, 3.05) is 6.54 Å². The molecule has 1 aromatic carbocycles. The van der Waals surface area contributed by atoms with Gasteiger partial charge in [-0.05, 0) is 37.3 Å². The zero-order valence-electron chi connectivity index (χ0n) is 11.9. The Kier molecular flexibility index (Phi) is 3.69. The maximum atomic E-state index is 12.8. The van der Waals surface area contributed by atoms with Crippen LogP contribution in [-0.4, -0.2) is 27.3 Å². The fraction of sp³-hybridized carbons (Fsp3) is 0.176. The first-order valence-electron chi connectivity index (χ1n) is 7.05. The van der Waals surface area contributed by atoms with Gasteiger partial charge in [-0.1, -0.05) is 12.1 Å². The lowest BCUT2D eigenvalue weighted by Crippen LogP contribution is -2.30. The molecule has 0 spiro atoms. The van der Waals surface area contributed by atoms with Gasteiger partial charge in [0.2, 0.25) is 0 Å². The molecule has 0 fully saturated rings. The van der Waals surface area contributed by atoms with E-state index in [-0.39, 0.29) is 5.91 Å². The van der Waals surface area contributed by atoms with E-state index in [0.717, 1.165) is 22.2 Å². The molecule has 0 aliphatic heterocycles. The number of pyridine rings is 1. The summed E-state index contributed by atoms with van der Waals surface area (Å²) < 4.78 is 0. The third kappa shape index (κ3) is 2.65. The van der Waals surface area contributed by atoms with Gasteiger partial charge in [-0.3, -0.25) is 9.78 Å². The first-order valence-corrected chi connectivity index (χ1v) is 7.05. The summed E-state index contributed by atoms with van der Waals surface area (Å²) in [5, 5.41) is 0.960. The van der Waals surface area contributed by atoms with Crippen LogP contribution in [0.2, 0.25) is 0 Å². The molecule has 4 nitrogen and oxygen atoms in total. The van der Waals surface area contributed by atoms with Crippen LogP contribution >= 0.6 is 0 Å². The Hall–Kier alpha value is -2.62. The highest BCUT2D eigenvalue weighted by atomic mass is 16.2. The molecule has 106 valence electrons. The van der Waals surface area contributed by atoms with Gasteiger partial charge in [-0.25, -0.2) is 0 Å². The molecule has 0 bridgehead atoms. The molecular formula is C17H17N3O. The van der Waals surface area contributed by atoms with Crippen molar-refractivity contribution >= 4 is 16.8 Å². The number of rotatable bonds is 4. The fourth-order valence-electron chi connectivity index (χ4n) is 2.46. The second kappa shape index (κ2) is 5.79. The number of nitrogens with one attached hydrogen (secondary N) is 1. The molecule has 21 heavy (non-hydrogen) atoms. The summed E-state index contributed by atoms with van der Waals surface area (Å²) in [6, 6.07) is 13.4. The van der Waals surface area contributed by atoms with Gasteiger partial charge in [0, 0.05) is 35.4 Å². The van der Waals surface area contributed by atoms with Gasteiger partial charge in [-0.15, -0.1) is 0 Å². The number of carbonyl (C=O) groups excluding carboxylic acids is 1. The Labute approximate surface area is 123 Å². The fourth-order valence-corrected chi connectivity index (χ4v) is 2.46. The number of hydrogen-bond donors (Lipinski definition) is 1. The van der Waals surface area contributed by atoms with E-state index < -0.39 is 0 Å². The molecular weight excluding hydrogens is 262 g/mol. The van der Waals surface area contributed by atoms with E-state index in [1.165, 1.54) is 0 Å². The van der Waals surface area contributed by atoms with Crippen molar-refractivity contribution in [3.8, 4) is 0 Å². The van der Waals surface area contributed by atoms with Gasteiger partial charge >= 0.3 is 0 Å². The first-order chi connectivity index (χ1) is 10.3. The topological polar surface area (TPSA) is 49.0 Å². The molecule has 0 aliphatic carbocycles. The number of benzene rings is 1. The zero-order valence-corrected chi connectivity index (χ0v) is 11.9. The Bertz CT molecular complexity index is 749. The van der Waals surface area contributed by atoms with Crippen molar-refractivity contribution in [2.45, 2.75) is 13.5 Å². The highest BCUT2D eigenvalue weighted by Gasteiger charge is 2.17. The van der Waals surface area contributed by atoms with E-state index in [1.807, 2.05) is 60.5 Å². The predicted octanol–water partition coefficient (Wildman–Crippen LogP) is 3.23. The molecule has 0 unspecified atom stereocenters. The number of H-pyrrole nitrogens is 1. The summed E-state index contributed by atoms with van der Waals surface area (Å²) in [6.45, 7) is 3.16. The number of nitrogens with zero attached hydrogens (tertiary/aromatic N) is 2. The van der Waals surface area contributed by atoms with E-state index in [2.05, 4.69) is 9.97 Å². The lowest BCUT2D eigenvalue weighted by atomic mass is 10.1. The molecule has 4 heteroatoms. The van der Waals surface area contributed by atoms with Gasteiger partial charge in [-0.2, -0.15) is 0 Å². The highest BCUT2D eigenvalue weighted by molar-refractivity contribution is 6.06. The smallest absolute Gasteiger partial charge is 0.254 e. The lowest BCUT2D eigenvalue weighted by Gasteiger charge is -2.21. The number of fused-ring (bicyclic) bond motifs is 1. The average molecular weight is 279 g/mol. The standard InChI is InChI=1S/C17H17N3O/c1-2-20(12-13-6-3-4-10-18-13)17(21)15-7-5-8-16-14(15)9-11-19-16/h3-11,19H,2,12H2,1H3. The molecule has 3 rings (SSSR count). The number of aromatic amines is 1. The molecule has 3 aromatic rings. The van der Waals surface area contributed by atoms with Crippen LogP contribution in [0.3, 0.4) is 0 Å². The van der Waals surface area contributed by atoms with Crippen molar-refractivity contribution in [3.63, 3.8) is 0 Å². The van der Waals surface area contributed by atoms with Crippen molar-refractivity contribution in [1.29, 1.82) is 0 Å². The highest BCUT2D eigenvalue weighted by Crippen LogP contribution is 2.19. The quantitative estimate of drug-likeness (QED) is 0.797. The summed E-state index contributed by atoms with van der Waals surface area (Å²) in [5.74, 6) is 0.0355. The normalized spacial score (nSPS) is 10.7. The van der Waals surface area contributed by atoms with Crippen LogP contribution in [0, 0.1) is 0 Å². The van der Waals surface area contributed by atoms with E-state index in [4.69, 9.17) is 0 Å².